The standard InChI is InChI=1S/C17H17N3O4/c1-24-17-5-3-2-4-14(17)12-19(8-9-21)15-7-6-13(11-18)10-16(15)20(22)23/h2-7,10,21H,8-9,12H2,1H3. The van der Waals surface area contributed by atoms with Crippen LogP contribution >= 0.6 is 0 Å². The first kappa shape index (κ1) is 17.2. The molecular formula is C17H17N3O4. The van der Waals surface area contributed by atoms with Gasteiger partial charge in [-0.05, 0) is 18.2 Å². The third-order valence-electron chi connectivity index (χ3n) is 3.57. The van der Waals surface area contributed by atoms with E-state index in [0.717, 1.165) is 5.56 Å². The Labute approximate surface area is 139 Å². The minimum absolute atomic E-state index is 0.160. The van der Waals surface area contributed by atoms with E-state index < -0.39 is 4.92 Å². The second kappa shape index (κ2) is 7.94. The van der Waals surface area contributed by atoms with Crippen LogP contribution in [0, 0.1) is 21.4 Å². The molecule has 2 rings (SSSR count). The summed E-state index contributed by atoms with van der Waals surface area (Å²) in [6.45, 7) is 0.383. The maximum absolute atomic E-state index is 11.4. The zero-order valence-corrected chi connectivity index (χ0v) is 13.2. The summed E-state index contributed by atoms with van der Waals surface area (Å²) < 4.78 is 5.31. The Morgan fingerprint density at radius 1 is 1.33 bits per heavy atom. The molecule has 0 aliphatic carbocycles. The number of anilines is 1. The minimum Gasteiger partial charge on any atom is -0.496 e. The summed E-state index contributed by atoms with van der Waals surface area (Å²) in [5, 5.41) is 29.6. The van der Waals surface area contributed by atoms with E-state index in [1.807, 2.05) is 24.3 Å². The third-order valence-corrected chi connectivity index (χ3v) is 3.57. The largest absolute Gasteiger partial charge is 0.496 e. The van der Waals surface area contributed by atoms with Crippen LogP contribution in [0.2, 0.25) is 0 Å². The number of ether oxygens (including phenoxy) is 1. The van der Waals surface area contributed by atoms with Gasteiger partial charge in [0.05, 0.1) is 30.3 Å². The summed E-state index contributed by atoms with van der Waals surface area (Å²) in [5.74, 6) is 0.664. The number of hydrogen-bond acceptors (Lipinski definition) is 6. The van der Waals surface area contributed by atoms with E-state index in [9.17, 15) is 15.2 Å². The zero-order valence-electron chi connectivity index (χ0n) is 13.2. The molecule has 124 valence electrons. The number of para-hydroxylation sites is 1. The van der Waals surface area contributed by atoms with E-state index in [-0.39, 0.29) is 24.4 Å². The molecule has 0 unspecified atom stereocenters. The van der Waals surface area contributed by atoms with Gasteiger partial charge >= 0.3 is 0 Å². The van der Waals surface area contributed by atoms with Gasteiger partial charge in [0.25, 0.3) is 5.69 Å². The Bertz CT molecular complexity index is 771. The lowest BCUT2D eigenvalue weighted by molar-refractivity contribution is -0.384. The topological polar surface area (TPSA) is 99.6 Å². The smallest absolute Gasteiger partial charge is 0.293 e. The van der Waals surface area contributed by atoms with Crippen LogP contribution in [0.3, 0.4) is 0 Å². The van der Waals surface area contributed by atoms with Crippen LogP contribution in [0.25, 0.3) is 0 Å². The quantitative estimate of drug-likeness (QED) is 0.619. The molecule has 7 nitrogen and oxygen atoms in total. The number of hydrogen-bond donors (Lipinski definition) is 1. The lowest BCUT2D eigenvalue weighted by Crippen LogP contribution is -2.27. The lowest BCUT2D eigenvalue weighted by Gasteiger charge is -2.24. The number of aliphatic hydroxyl groups is 1. The van der Waals surface area contributed by atoms with Gasteiger partial charge in [0.2, 0.25) is 0 Å². The van der Waals surface area contributed by atoms with Gasteiger partial charge in [-0.1, -0.05) is 18.2 Å². The van der Waals surface area contributed by atoms with Gasteiger partial charge in [-0.2, -0.15) is 5.26 Å². The van der Waals surface area contributed by atoms with Crippen molar-refractivity contribution in [1.29, 1.82) is 5.26 Å². The molecule has 7 heteroatoms. The molecule has 0 aliphatic heterocycles. The fraction of sp³-hybridized carbons (Fsp3) is 0.235. The summed E-state index contributed by atoms with van der Waals surface area (Å²) in [5.41, 5.74) is 1.23. The number of nitro groups is 1. The van der Waals surface area contributed by atoms with Crippen LogP contribution in [-0.2, 0) is 6.54 Å². The van der Waals surface area contributed by atoms with Gasteiger partial charge in [-0.3, -0.25) is 10.1 Å². The van der Waals surface area contributed by atoms with Gasteiger partial charge in [0.1, 0.15) is 11.4 Å². The zero-order chi connectivity index (χ0) is 17.5. The van der Waals surface area contributed by atoms with Crippen molar-refractivity contribution in [3.8, 4) is 11.8 Å². The van der Waals surface area contributed by atoms with Crippen LogP contribution in [0.4, 0.5) is 11.4 Å². The van der Waals surface area contributed by atoms with Crippen molar-refractivity contribution < 1.29 is 14.8 Å². The number of rotatable bonds is 7. The van der Waals surface area contributed by atoms with Crippen molar-refractivity contribution in [2.24, 2.45) is 0 Å². The summed E-state index contributed by atoms with van der Waals surface area (Å²) in [4.78, 5) is 12.5. The fourth-order valence-electron chi connectivity index (χ4n) is 2.45. The Kier molecular flexibility index (Phi) is 5.71. The first-order chi connectivity index (χ1) is 11.6. The minimum atomic E-state index is -0.525. The first-order valence-electron chi connectivity index (χ1n) is 7.27. The maximum Gasteiger partial charge on any atom is 0.293 e. The van der Waals surface area contributed by atoms with Gasteiger partial charge in [-0.15, -0.1) is 0 Å². The summed E-state index contributed by atoms with van der Waals surface area (Å²) in [6.07, 6.45) is 0. The highest BCUT2D eigenvalue weighted by Crippen LogP contribution is 2.31. The van der Waals surface area contributed by atoms with E-state index in [0.29, 0.717) is 18.0 Å². The first-order valence-corrected chi connectivity index (χ1v) is 7.27. The van der Waals surface area contributed by atoms with Crippen molar-refractivity contribution in [1.82, 2.24) is 0 Å². The van der Waals surface area contributed by atoms with E-state index in [1.165, 1.54) is 18.2 Å². The van der Waals surface area contributed by atoms with Gasteiger partial charge in [-0.25, -0.2) is 0 Å². The van der Waals surface area contributed by atoms with Crippen LogP contribution in [-0.4, -0.2) is 30.3 Å². The van der Waals surface area contributed by atoms with Crippen LogP contribution in [0.5, 0.6) is 5.75 Å². The Morgan fingerprint density at radius 2 is 2.08 bits per heavy atom. The monoisotopic (exact) mass is 327 g/mol. The molecular weight excluding hydrogens is 310 g/mol. The summed E-state index contributed by atoms with van der Waals surface area (Å²) in [7, 11) is 1.55. The maximum atomic E-state index is 11.4. The number of methoxy groups -OCH3 is 1. The predicted octanol–water partition coefficient (Wildman–Crippen LogP) is 2.47. The molecule has 0 heterocycles. The molecule has 0 bridgehead atoms. The van der Waals surface area contributed by atoms with E-state index in [2.05, 4.69) is 0 Å². The Hall–Kier alpha value is -3.11. The van der Waals surface area contributed by atoms with E-state index >= 15 is 0 Å². The number of nitriles is 1. The van der Waals surface area contributed by atoms with Crippen molar-refractivity contribution in [2.45, 2.75) is 6.54 Å². The number of nitro benzene ring substituents is 1. The molecule has 0 radical (unpaired) electrons. The third kappa shape index (κ3) is 3.80. The van der Waals surface area contributed by atoms with Crippen molar-refractivity contribution in [3.05, 3.63) is 63.7 Å². The molecule has 0 amide bonds. The second-order valence-electron chi connectivity index (χ2n) is 5.03. The van der Waals surface area contributed by atoms with Crippen molar-refractivity contribution in [3.63, 3.8) is 0 Å². The highest BCUT2D eigenvalue weighted by molar-refractivity contribution is 5.66. The second-order valence-corrected chi connectivity index (χ2v) is 5.03. The molecule has 0 aromatic heterocycles. The number of nitrogens with zero attached hydrogens (tertiary/aromatic N) is 3. The molecule has 2 aromatic carbocycles. The van der Waals surface area contributed by atoms with Gasteiger partial charge in [0, 0.05) is 24.7 Å². The summed E-state index contributed by atoms with van der Waals surface area (Å²) >= 11 is 0. The molecule has 0 spiro atoms. The Balaban J connectivity index is 2.44. The molecule has 0 aliphatic rings. The molecule has 0 atom stereocenters. The molecule has 0 saturated carbocycles. The molecule has 0 saturated heterocycles. The van der Waals surface area contributed by atoms with E-state index in [1.54, 1.807) is 18.1 Å². The van der Waals surface area contributed by atoms with Crippen molar-refractivity contribution >= 4 is 11.4 Å². The van der Waals surface area contributed by atoms with Gasteiger partial charge in [0.15, 0.2) is 0 Å². The molecule has 0 fully saturated rings. The van der Waals surface area contributed by atoms with Crippen LogP contribution in [0.1, 0.15) is 11.1 Å². The van der Waals surface area contributed by atoms with Crippen LogP contribution < -0.4 is 9.64 Å². The highest BCUT2D eigenvalue weighted by Gasteiger charge is 2.21. The predicted molar refractivity (Wildman–Crippen MR) is 88.9 cm³/mol. The average molecular weight is 327 g/mol. The normalized spacial score (nSPS) is 10.0. The summed E-state index contributed by atoms with van der Waals surface area (Å²) in [6, 6.07) is 13.5. The molecule has 1 N–H and O–H groups in total. The average Bonchev–Trinajstić information content (AvgIpc) is 2.61. The lowest BCUT2D eigenvalue weighted by atomic mass is 10.1. The molecule has 2 aromatic rings. The van der Waals surface area contributed by atoms with E-state index in [4.69, 9.17) is 10.00 Å². The highest BCUT2D eigenvalue weighted by atomic mass is 16.6. The Morgan fingerprint density at radius 3 is 2.71 bits per heavy atom. The van der Waals surface area contributed by atoms with Crippen LogP contribution in [0.15, 0.2) is 42.5 Å². The molecule has 24 heavy (non-hydrogen) atoms. The fourth-order valence-corrected chi connectivity index (χ4v) is 2.45. The number of benzene rings is 2. The van der Waals surface area contributed by atoms with Gasteiger partial charge < -0.3 is 14.7 Å². The SMILES string of the molecule is COc1ccccc1CN(CCO)c1ccc(C#N)cc1[N+](=O)[O-]. The number of aliphatic hydroxyl groups excluding tert-OH is 1. The van der Waals surface area contributed by atoms with Crippen molar-refractivity contribution in [2.75, 3.05) is 25.2 Å².